The summed E-state index contributed by atoms with van der Waals surface area (Å²) in [6.45, 7) is 4.23. The third-order valence-electron chi connectivity index (χ3n) is 2.38. The predicted molar refractivity (Wildman–Crippen MR) is 58.1 cm³/mol. The van der Waals surface area contributed by atoms with Crippen LogP contribution < -0.4 is 0 Å². The Morgan fingerprint density at radius 2 is 2.58 bits per heavy atom. The first-order valence-electron chi connectivity index (χ1n) is 4.42. The van der Waals surface area contributed by atoms with Gasteiger partial charge in [-0.05, 0) is 30.4 Å². The molecular weight excluding hydrogens is 209 g/mol. The fourth-order valence-electron chi connectivity index (χ4n) is 1.84. The minimum atomic E-state index is -1.59. The van der Waals surface area contributed by atoms with Crippen molar-refractivity contribution in [2.75, 3.05) is 18.9 Å². The summed E-state index contributed by atoms with van der Waals surface area (Å²) in [5.74, 6) is 1.08. The summed E-state index contributed by atoms with van der Waals surface area (Å²) < 4.78 is 8.22. The van der Waals surface area contributed by atoms with Crippen molar-refractivity contribution in [2.24, 2.45) is 0 Å². The SMILES string of the molecule is CCSP1(=S)OC[C@@H]2CCCN21. The van der Waals surface area contributed by atoms with Gasteiger partial charge < -0.3 is 4.52 Å². The van der Waals surface area contributed by atoms with Crippen LogP contribution in [-0.2, 0) is 16.3 Å². The number of nitrogens with zero attached hydrogens (tertiary/aromatic N) is 1. The van der Waals surface area contributed by atoms with Gasteiger partial charge in [0, 0.05) is 12.6 Å². The van der Waals surface area contributed by atoms with Gasteiger partial charge in [-0.15, -0.1) is 0 Å². The van der Waals surface area contributed by atoms with E-state index >= 15 is 0 Å². The van der Waals surface area contributed by atoms with E-state index in [-0.39, 0.29) is 0 Å². The molecule has 2 aliphatic heterocycles. The van der Waals surface area contributed by atoms with E-state index in [2.05, 4.69) is 11.6 Å². The van der Waals surface area contributed by atoms with Crippen LogP contribution in [0.15, 0.2) is 0 Å². The summed E-state index contributed by atoms with van der Waals surface area (Å²) >= 11 is 7.43. The molecule has 2 rings (SSSR count). The van der Waals surface area contributed by atoms with E-state index in [0.717, 1.165) is 12.4 Å². The highest BCUT2D eigenvalue weighted by Crippen LogP contribution is 2.68. The maximum absolute atomic E-state index is 5.76. The lowest BCUT2D eigenvalue weighted by Crippen LogP contribution is -2.19. The second-order valence-electron chi connectivity index (χ2n) is 3.14. The molecule has 2 aliphatic rings. The van der Waals surface area contributed by atoms with Gasteiger partial charge in [-0.3, -0.25) is 0 Å². The maximum atomic E-state index is 5.76. The van der Waals surface area contributed by atoms with Crippen LogP contribution in [0.2, 0.25) is 0 Å². The molecule has 0 aromatic rings. The average molecular weight is 223 g/mol. The van der Waals surface area contributed by atoms with Crippen molar-refractivity contribution in [2.45, 2.75) is 25.8 Å². The van der Waals surface area contributed by atoms with Gasteiger partial charge in [0.25, 0.3) is 0 Å². The summed E-state index contributed by atoms with van der Waals surface area (Å²) in [7, 11) is 0. The highest BCUT2D eigenvalue weighted by atomic mass is 32.9. The molecule has 0 radical (unpaired) electrons. The van der Waals surface area contributed by atoms with Crippen LogP contribution in [0.25, 0.3) is 0 Å². The van der Waals surface area contributed by atoms with Crippen LogP contribution in [0.4, 0.5) is 0 Å². The molecule has 2 atom stereocenters. The van der Waals surface area contributed by atoms with E-state index < -0.39 is 5.62 Å². The van der Waals surface area contributed by atoms with E-state index in [1.54, 1.807) is 0 Å². The van der Waals surface area contributed by atoms with Gasteiger partial charge in [0.05, 0.1) is 6.61 Å². The van der Waals surface area contributed by atoms with E-state index in [9.17, 15) is 0 Å². The third kappa shape index (κ3) is 1.48. The second-order valence-corrected chi connectivity index (χ2v) is 10.1. The first kappa shape index (κ1) is 9.47. The summed E-state index contributed by atoms with van der Waals surface area (Å²) in [5.41, 5.74) is -1.59. The molecule has 0 aromatic heterocycles. The standard InChI is InChI=1S/C7H14NOPS2/c1-2-12-10(11)8-5-3-4-7(8)6-9-10/h7H,2-6H2,1H3/t7-,10?/m0/s1. The first-order valence-corrected chi connectivity index (χ1v) is 8.69. The Balaban J connectivity index is 2.12. The molecule has 0 bridgehead atoms. The topological polar surface area (TPSA) is 12.5 Å². The zero-order valence-corrected chi connectivity index (χ0v) is 9.76. The molecule has 0 amide bonds. The highest BCUT2D eigenvalue weighted by molar-refractivity contribution is 8.68. The molecule has 1 unspecified atom stereocenters. The van der Waals surface area contributed by atoms with Crippen molar-refractivity contribution >= 4 is 28.8 Å². The Kier molecular flexibility index (Phi) is 2.83. The van der Waals surface area contributed by atoms with Crippen molar-refractivity contribution in [3.05, 3.63) is 0 Å². The quantitative estimate of drug-likeness (QED) is 0.666. The predicted octanol–water partition coefficient (Wildman–Crippen LogP) is 2.46. The number of fused-ring (bicyclic) bond motifs is 1. The van der Waals surface area contributed by atoms with Crippen molar-refractivity contribution in [3.8, 4) is 0 Å². The van der Waals surface area contributed by atoms with Crippen LogP contribution in [0.5, 0.6) is 0 Å². The molecule has 0 aromatic carbocycles. The minimum Gasteiger partial charge on any atom is -0.329 e. The largest absolute Gasteiger partial charge is 0.329 e. The molecule has 5 heteroatoms. The molecule has 0 spiro atoms. The zero-order valence-electron chi connectivity index (χ0n) is 7.23. The first-order chi connectivity index (χ1) is 5.76. The van der Waals surface area contributed by atoms with Crippen molar-refractivity contribution < 1.29 is 4.52 Å². The lowest BCUT2D eigenvalue weighted by atomic mass is 10.2. The summed E-state index contributed by atoms with van der Waals surface area (Å²) in [6, 6.07) is 0.662. The second kappa shape index (κ2) is 3.58. The summed E-state index contributed by atoms with van der Waals surface area (Å²) in [4.78, 5) is 0. The molecule has 2 saturated heterocycles. The van der Waals surface area contributed by atoms with E-state index in [1.807, 2.05) is 11.4 Å². The van der Waals surface area contributed by atoms with E-state index in [1.165, 1.54) is 19.4 Å². The lowest BCUT2D eigenvalue weighted by molar-refractivity contribution is 0.342. The molecule has 2 fully saturated rings. The Bertz CT molecular complexity index is 217. The Labute approximate surface area is 82.9 Å². The third-order valence-corrected chi connectivity index (χ3v) is 9.19. The molecule has 0 aliphatic carbocycles. The maximum Gasteiger partial charge on any atom is 0.188 e. The average Bonchev–Trinajstić information content (AvgIpc) is 2.57. The van der Waals surface area contributed by atoms with Gasteiger partial charge in [0.2, 0.25) is 0 Å². The van der Waals surface area contributed by atoms with Gasteiger partial charge >= 0.3 is 0 Å². The van der Waals surface area contributed by atoms with Crippen molar-refractivity contribution in [1.29, 1.82) is 0 Å². The molecule has 0 N–H and O–H groups in total. The number of hydrogen-bond acceptors (Lipinski definition) is 3. The normalized spacial score (nSPS) is 41.9. The van der Waals surface area contributed by atoms with Crippen LogP contribution >= 0.6 is 17.0 Å². The van der Waals surface area contributed by atoms with Gasteiger partial charge in [0.15, 0.2) is 5.62 Å². The summed E-state index contributed by atoms with van der Waals surface area (Å²) in [5, 5.41) is 0. The van der Waals surface area contributed by atoms with Crippen LogP contribution in [0.3, 0.4) is 0 Å². The van der Waals surface area contributed by atoms with Crippen LogP contribution in [-0.4, -0.2) is 29.6 Å². The number of rotatable bonds is 2. The van der Waals surface area contributed by atoms with Crippen LogP contribution in [0.1, 0.15) is 19.8 Å². The lowest BCUT2D eigenvalue weighted by Gasteiger charge is -2.23. The highest BCUT2D eigenvalue weighted by Gasteiger charge is 2.42. The van der Waals surface area contributed by atoms with Gasteiger partial charge in [-0.2, -0.15) is 0 Å². The summed E-state index contributed by atoms with van der Waals surface area (Å²) in [6.07, 6.45) is 2.61. The molecule has 0 saturated carbocycles. The van der Waals surface area contributed by atoms with Gasteiger partial charge in [-0.25, -0.2) is 4.67 Å². The Morgan fingerprint density at radius 1 is 1.75 bits per heavy atom. The zero-order chi connectivity index (χ0) is 8.60. The monoisotopic (exact) mass is 223 g/mol. The van der Waals surface area contributed by atoms with E-state index in [0.29, 0.717) is 6.04 Å². The Hall–Kier alpha value is 0.920. The minimum absolute atomic E-state index is 0.662. The number of hydrogen-bond donors (Lipinski definition) is 0. The van der Waals surface area contributed by atoms with Gasteiger partial charge in [0.1, 0.15) is 0 Å². The van der Waals surface area contributed by atoms with Crippen molar-refractivity contribution in [1.82, 2.24) is 4.67 Å². The molecule has 70 valence electrons. The smallest absolute Gasteiger partial charge is 0.188 e. The molecular formula is C7H14NOPS2. The molecule has 2 nitrogen and oxygen atoms in total. The fourth-order valence-corrected chi connectivity index (χ4v) is 8.12. The van der Waals surface area contributed by atoms with Gasteiger partial charge in [-0.1, -0.05) is 18.3 Å². The van der Waals surface area contributed by atoms with Crippen LogP contribution in [0, 0.1) is 0 Å². The fraction of sp³-hybridized carbons (Fsp3) is 1.00. The molecule has 2 heterocycles. The molecule has 12 heavy (non-hydrogen) atoms. The Morgan fingerprint density at radius 3 is 3.33 bits per heavy atom. The van der Waals surface area contributed by atoms with Crippen molar-refractivity contribution in [3.63, 3.8) is 0 Å². The van der Waals surface area contributed by atoms with E-state index in [4.69, 9.17) is 16.3 Å².